The van der Waals surface area contributed by atoms with Crippen molar-refractivity contribution in [2.24, 2.45) is 0 Å². The molecule has 0 spiro atoms. The van der Waals surface area contributed by atoms with Crippen molar-refractivity contribution in [3.63, 3.8) is 0 Å². The summed E-state index contributed by atoms with van der Waals surface area (Å²) in [5.41, 5.74) is -2.51. The first-order chi connectivity index (χ1) is 17.0. The molecule has 1 fully saturated rings. The van der Waals surface area contributed by atoms with Crippen LogP contribution in [0.15, 0.2) is 37.1 Å². The van der Waals surface area contributed by atoms with Crippen molar-refractivity contribution < 1.29 is 27.1 Å². The van der Waals surface area contributed by atoms with Gasteiger partial charge in [0, 0.05) is 31.4 Å². The first-order valence-electron chi connectivity index (χ1n) is 10.9. The molecule has 1 aliphatic rings. The summed E-state index contributed by atoms with van der Waals surface area (Å²) >= 11 is 5.82. The van der Waals surface area contributed by atoms with Gasteiger partial charge in [-0.05, 0) is 25.5 Å². The third-order valence-electron chi connectivity index (χ3n) is 6.38. The summed E-state index contributed by atoms with van der Waals surface area (Å²) in [5.74, 6) is -1.01. The van der Waals surface area contributed by atoms with E-state index in [0.29, 0.717) is 13.0 Å². The van der Waals surface area contributed by atoms with Crippen molar-refractivity contribution in [1.82, 2.24) is 19.9 Å². The zero-order valence-corrected chi connectivity index (χ0v) is 20.4. The van der Waals surface area contributed by atoms with Gasteiger partial charge in [0.2, 0.25) is 5.91 Å². The van der Waals surface area contributed by atoms with E-state index < -0.39 is 33.8 Å². The van der Waals surface area contributed by atoms with E-state index in [1.54, 1.807) is 16.8 Å². The zero-order chi connectivity index (χ0) is 26.4. The number of alkyl halides is 3. The number of anilines is 1. The molecule has 36 heavy (non-hydrogen) atoms. The van der Waals surface area contributed by atoms with Crippen LogP contribution in [-0.2, 0) is 11.0 Å². The molecule has 0 saturated carbocycles. The predicted octanol–water partition coefficient (Wildman–Crippen LogP) is 5.12. The van der Waals surface area contributed by atoms with Crippen LogP contribution >= 0.6 is 11.6 Å². The van der Waals surface area contributed by atoms with Crippen LogP contribution in [0.3, 0.4) is 0 Å². The van der Waals surface area contributed by atoms with Gasteiger partial charge in [0.05, 0.1) is 29.1 Å². The molecule has 1 aliphatic heterocycles. The van der Waals surface area contributed by atoms with Crippen LogP contribution in [0.25, 0.3) is 22.2 Å². The summed E-state index contributed by atoms with van der Waals surface area (Å²) in [5, 5.41) is -0.397. The van der Waals surface area contributed by atoms with Crippen molar-refractivity contribution in [2.75, 3.05) is 25.6 Å². The number of likely N-dealkylation sites (N-methyl/N-ethyl adjacent to an activating group) is 1. The fourth-order valence-corrected chi connectivity index (χ4v) is 4.89. The van der Waals surface area contributed by atoms with E-state index in [0.717, 1.165) is 12.1 Å². The van der Waals surface area contributed by atoms with E-state index in [1.807, 2.05) is 6.92 Å². The van der Waals surface area contributed by atoms with Gasteiger partial charge >= 0.3 is 12.2 Å². The Morgan fingerprint density at radius 2 is 2.06 bits per heavy atom. The highest BCUT2D eigenvalue weighted by atomic mass is 35.5. The van der Waals surface area contributed by atoms with Gasteiger partial charge in [-0.25, -0.2) is 4.39 Å². The van der Waals surface area contributed by atoms with Gasteiger partial charge in [-0.1, -0.05) is 30.3 Å². The number of hydrogen-bond donors (Lipinski definition) is 0. The van der Waals surface area contributed by atoms with Gasteiger partial charge < -0.3 is 14.5 Å². The highest BCUT2D eigenvalue weighted by molar-refractivity contribution is 6.31. The Hall–Kier alpha value is -3.47. The minimum Gasteiger partial charge on any atom is -0.467 e. The van der Waals surface area contributed by atoms with E-state index in [2.05, 4.69) is 21.5 Å². The number of aromatic nitrogens is 3. The number of pyridine rings is 1. The number of fused-ring (bicyclic) bond motifs is 1. The number of benzene rings is 1. The number of methoxy groups -OCH3 is 1. The maximum Gasteiger partial charge on any atom is 0.418 e. The lowest BCUT2D eigenvalue weighted by molar-refractivity contribution is -0.137. The number of carbonyl (C=O) groups is 1. The second kappa shape index (κ2) is 9.53. The molecular weight excluding hydrogens is 502 g/mol. The molecule has 3 aromatic rings. The zero-order valence-electron chi connectivity index (χ0n) is 19.6. The van der Waals surface area contributed by atoms with Gasteiger partial charge in [0.1, 0.15) is 17.0 Å². The topological polar surface area (TPSA) is 71.5 Å². The molecule has 4 rings (SSSR count). The molecule has 0 radical (unpaired) electrons. The fourth-order valence-electron chi connectivity index (χ4n) is 4.61. The minimum absolute atomic E-state index is 0.174. The van der Waals surface area contributed by atoms with Crippen LogP contribution < -0.4 is 9.64 Å². The molecule has 3 heterocycles. The van der Waals surface area contributed by atoms with Crippen LogP contribution in [-0.4, -0.2) is 58.5 Å². The predicted molar refractivity (Wildman–Crippen MR) is 127 cm³/mol. The molecule has 0 N–H and O–H groups in total. The van der Waals surface area contributed by atoms with Crippen molar-refractivity contribution in [3.05, 3.63) is 53.5 Å². The lowest BCUT2D eigenvalue weighted by Crippen LogP contribution is -2.43. The van der Waals surface area contributed by atoms with E-state index in [-0.39, 0.29) is 40.7 Å². The van der Waals surface area contributed by atoms with Gasteiger partial charge in [0.15, 0.2) is 5.82 Å². The van der Waals surface area contributed by atoms with Crippen LogP contribution in [0.4, 0.5) is 23.4 Å². The molecule has 1 saturated heterocycles. The summed E-state index contributed by atoms with van der Waals surface area (Å²) in [6.07, 6.45) is -1.75. The van der Waals surface area contributed by atoms with Crippen LogP contribution in [0, 0.1) is 5.82 Å². The molecule has 190 valence electrons. The Morgan fingerprint density at radius 1 is 1.33 bits per heavy atom. The van der Waals surface area contributed by atoms with Crippen LogP contribution in [0.1, 0.15) is 18.9 Å². The molecule has 0 aliphatic carbocycles. The molecular formula is C24H22ClF4N5O2. The summed E-state index contributed by atoms with van der Waals surface area (Å²) < 4.78 is 62.1. The molecule has 1 amide bonds. The lowest BCUT2D eigenvalue weighted by atomic mass is 10.0. The fraction of sp³-hybridized carbons (Fsp3) is 0.333. The van der Waals surface area contributed by atoms with Crippen molar-refractivity contribution >= 4 is 34.2 Å². The molecule has 2 aromatic heterocycles. The largest absolute Gasteiger partial charge is 0.467 e. The van der Waals surface area contributed by atoms with Gasteiger partial charge in [-0.3, -0.25) is 9.78 Å². The monoisotopic (exact) mass is 523 g/mol. The Bertz CT molecular complexity index is 1350. The molecule has 2 atom stereocenters. The molecule has 1 aromatic carbocycles. The summed E-state index contributed by atoms with van der Waals surface area (Å²) in [6.45, 7) is 5.90. The Morgan fingerprint density at radius 3 is 2.69 bits per heavy atom. The third-order valence-corrected chi connectivity index (χ3v) is 6.70. The Balaban J connectivity index is 1.87. The van der Waals surface area contributed by atoms with E-state index in [9.17, 15) is 18.0 Å². The van der Waals surface area contributed by atoms with Gasteiger partial charge in [-0.15, -0.1) is 0 Å². The molecule has 2 unspecified atom stereocenters. The quantitative estimate of drug-likeness (QED) is 0.341. The minimum atomic E-state index is -4.83. The van der Waals surface area contributed by atoms with Crippen molar-refractivity contribution in [1.29, 1.82) is 0 Å². The van der Waals surface area contributed by atoms with E-state index >= 15 is 4.39 Å². The van der Waals surface area contributed by atoms with E-state index in [1.165, 1.54) is 25.4 Å². The summed E-state index contributed by atoms with van der Waals surface area (Å²) in [7, 11) is 3.03. The maximum absolute atomic E-state index is 15.8. The second-order valence-corrected chi connectivity index (χ2v) is 8.73. The first-order valence-corrected chi connectivity index (χ1v) is 11.3. The van der Waals surface area contributed by atoms with Crippen LogP contribution in [0.5, 0.6) is 6.01 Å². The second-order valence-electron chi connectivity index (χ2n) is 8.32. The highest BCUT2D eigenvalue weighted by Gasteiger charge is 2.39. The average Bonchev–Trinajstić information content (AvgIpc) is 3.23. The summed E-state index contributed by atoms with van der Waals surface area (Å²) in [4.78, 5) is 28.1. The number of hydrogen-bond acceptors (Lipinski definition) is 6. The standard InChI is InChI=1S/C24H22ClF4N5O2/c1-5-17(35)34-10-9-16(12(34)2)33(3)22-14-11-30-20(19(26)21(14)31-23(32-22)36-4)13-7-6-8-15(25)18(13)24(27,28)29/h5-8,11-12,16H,1,9-10H2,2-4H3. The number of ether oxygens (including phenoxy) is 1. The van der Waals surface area contributed by atoms with E-state index in [4.69, 9.17) is 16.3 Å². The Kier molecular flexibility index (Phi) is 6.78. The smallest absolute Gasteiger partial charge is 0.418 e. The number of likely N-dealkylation sites (tertiary alicyclic amines) is 1. The van der Waals surface area contributed by atoms with Crippen molar-refractivity contribution in [2.45, 2.75) is 31.6 Å². The first kappa shape index (κ1) is 25.6. The number of amides is 1. The number of rotatable bonds is 5. The average molecular weight is 524 g/mol. The van der Waals surface area contributed by atoms with Gasteiger partial charge in [-0.2, -0.15) is 23.1 Å². The SMILES string of the molecule is C=CC(=O)N1CCC(N(C)c2nc(OC)nc3c(F)c(-c4cccc(Cl)c4C(F)(F)F)ncc23)C1C. The Labute approximate surface area is 209 Å². The maximum atomic E-state index is 15.8. The number of carbonyl (C=O) groups excluding carboxylic acids is 1. The van der Waals surface area contributed by atoms with Crippen LogP contribution in [0.2, 0.25) is 5.02 Å². The number of nitrogens with zero attached hydrogens (tertiary/aromatic N) is 5. The molecule has 7 nitrogen and oxygen atoms in total. The molecule has 0 bridgehead atoms. The lowest BCUT2D eigenvalue weighted by Gasteiger charge is -2.31. The third kappa shape index (κ3) is 4.32. The van der Waals surface area contributed by atoms with Crippen molar-refractivity contribution in [3.8, 4) is 17.3 Å². The summed E-state index contributed by atoms with van der Waals surface area (Å²) in [6, 6.07) is 2.89. The number of halogens is 5. The highest BCUT2D eigenvalue weighted by Crippen LogP contribution is 2.42. The van der Waals surface area contributed by atoms with Gasteiger partial charge in [0.25, 0.3) is 0 Å². The normalized spacial score (nSPS) is 17.9. The molecule has 12 heteroatoms.